The zero-order valence-electron chi connectivity index (χ0n) is 10.2. The second-order valence-electron chi connectivity index (χ2n) is 4.53. The summed E-state index contributed by atoms with van der Waals surface area (Å²) < 4.78 is 22.8. The maximum Gasteiger partial charge on any atom is 0.156 e. The van der Waals surface area contributed by atoms with Gasteiger partial charge in [0.2, 0.25) is 0 Å². The highest BCUT2D eigenvalue weighted by Crippen LogP contribution is 2.15. The number of nitrogens with one attached hydrogen (secondary N) is 1. The first-order valence-corrected chi connectivity index (χ1v) is 8.28. The fraction of sp³-hybridized carbons (Fsp3) is 1.00. The molecule has 1 N–H and O–H groups in total. The third-order valence-corrected chi connectivity index (χ3v) is 5.49. The first-order valence-electron chi connectivity index (χ1n) is 5.23. The highest BCUT2D eigenvalue weighted by atomic mass is 32.2. The van der Waals surface area contributed by atoms with Crippen LogP contribution in [0.25, 0.3) is 0 Å². The fourth-order valence-electron chi connectivity index (χ4n) is 0.979. The average Bonchev–Trinajstić information content (AvgIpc) is 2.09. The lowest BCUT2D eigenvalue weighted by molar-refractivity contribution is 0.556. The van der Waals surface area contributed by atoms with Crippen molar-refractivity contribution < 1.29 is 8.42 Å². The molecule has 0 bridgehead atoms. The Bertz CT molecular complexity index is 255. The lowest BCUT2D eigenvalue weighted by Crippen LogP contribution is -2.35. The molecule has 0 aliphatic carbocycles. The van der Waals surface area contributed by atoms with Crippen LogP contribution in [-0.4, -0.2) is 44.0 Å². The monoisotopic (exact) mass is 253 g/mol. The molecule has 5 heteroatoms. The van der Waals surface area contributed by atoms with Crippen molar-refractivity contribution in [2.45, 2.75) is 31.9 Å². The van der Waals surface area contributed by atoms with Crippen LogP contribution in [0.2, 0.25) is 0 Å². The van der Waals surface area contributed by atoms with Gasteiger partial charge >= 0.3 is 0 Å². The zero-order chi connectivity index (χ0) is 11.9. The van der Waals surface area contributed by atoms with Crippen LogP contribution in [0.3, 0.4) is 0 Å². The third-order valence-electron chi connectivity index (χ3n) is 2.18. The van der Waals surface area contributed by atoms with E-state index in [0.717, 1.165) is 18.7 Å². The Hall–Kier alpha value is 0.260. The predicted molar refractivity (Wildman–Crippen MR) is 69.4 cm³/mol. The number of hydrogen-bond acceptors (Lipinski definition) is 4. The van der Waals surface area contributed by atoms with Gasteiger partial charge in [-0.05, 0) is 45.7 Å². The summed E-state index contributed by atoms with van der Waals surface area (Å²) in [7, 11) is -2.96. The number of thioether (sulfide) groups is 1. The van der Waals surface area contributed by atoms with E-state index in [-0.39, 0.29) is 5.75 Å². The van der Waals surface area contributed by atoms with E-state index in [1.807, 2.05) is 11.8 Å². The Morgan fingerprint density at radius 3 is 2.27 bits per heavy atom. The predicted octanol–water partition coefficient (Wildman–Crippen LogP) is 1.54. The first kappa shape index (κ1) is 15.3. The van der Waals surface area contributed by atoms with Crippen molar-refractivity contribution in [3.8, 4) is 0 Å². The van der Waals surface area contributed by atoms with E-state index in [1.165, 1.54) is 0 Å². The highest BCUT2D eigenvalue weighted by molar-refractivity contribution is 7.98. The van der Waals surface area contributed by atoms with Crippen molar-refractivity contribution >= 4 is 21.6 Å². The van der Waals surface area contributed by atoms with E-state index in [9.17, 15) is 8.42 Å². The van der Waals surface area contributed by atoms with Crippen LogP contribution in [0, 0.1) is 0 Å². The van der Waals surface area contributed by atoms with Crippen molar-refractivity contribution in [1.29, 1.82) is 0 Å². The smallest absolute Gasteiger partial charge is 0.156 e. The molecule has 0 spiro atoms. The van der Waals surface area contributed by atoms with Crippen molar-refractivity contribution in [3.05, 3.63) is 0 Å². The Balaban J connectivity index is 3.69. The Morgan fingerprint density at radius 2 is 1.80 bits per heavy atom. The quantitative estimate of drug-likeness (QED) is 0.699. The summed E-state index contributed by atoms with van der Waals surface area (Å²) in [4.78, 5) is 0. The molecule has 0 aliphatic rings. The minimum Gasteiger partial charge on any atom is -0.316 e. The largest absolute Gasteiger partial charge is 0.316 e. The minimum absolute atomic E-state index is 0.232. The molecule has 0 fully saturated rings. The van der Waals surface area contributed by atoms with Crippen LogP contribution in [0.5, 0.6) is 0 Å². The Morgan fingerprint density at radius 1 is 1.20 bits per heavy atom. The molecule has 0 atom stereocenters. The Labute approximate surface area is 98.3 Å². The van der Waals surface area contributed by atoms with E-state index < -0.39 is 14.6 Å². The first-order chi connectivity index (χ1) is 6.81. The summed E-state index contributed by atoms with van der Waals surface area (Å²) in [5, 5.41) is 3.16. The van der Waals surface area contributed by atoms with Gasteiger partial charge in [0.25, 0.3) is 0 Å². The van der Waals surface area contributed by atoms with Gasteiger partial charge in [0.05, 0.1) is 10.5 Å². The second kappa shape index (κ2) is 6.76. The van der Waals surface area contributed by atoms with Gasteiger partial charge in [-0.25, -0.2) is 8.42 Å². The van der Waals surface area contributed by atoms with Crippen molar-refractivity contribution in [2.75, 3.05) is 30.9 Å². The molecule has 15 heavy (non-hydrogen) atoms. The molecule has 0 heterocycles. The van der Waals surface area contributed by atoms with Gasteiger partial charge in [-0.3, -0.25) is 0 Å². The molecule has 3 nitrogen and oxygen atoms in total. The molecule has 0 aromatic carbocycles. The van der Waals surface area contributed by atoms with Gasteiger partial charge in [0.1, 0.15) is 0 Å². The van der Waals surface area contributed by atoms with Crippen molar-refractivity contribution in [2.24, 2.45) is 0 Å². The van der Waals surface area contributed by atoms with Gasteiger partial charge in [0, 0.05) is 6.54 Å². The van der Waals surface area contributed by atoms with Crippen molar-refractivity contribution in [1.82, 2.24) is 5.32 Å². The van der Waals surface area contributed by atoms with E-state index in [1.54, 1.807) is 20.8 Å². The zero-order valence-corrected chi connectivity index (χ0v) is 11.8. The van der Waals surface area contributed by atoms with E-state index >= 15 is 0 Å². The third kappa shape index (κ3) is 6.43. The molecule has 0 aliphatic heterocycles. The molecule has 0 aromatic rings. The molecule has 0 unspecified atom stereocenters. The molecule has 0 rings (SSSR count). The summed E-state index contributed by atoms with van der Waals surface area (Å²) >= 11 is 1.81. The average molecular weight is 253 g/mol. The van der Waals surface area contributed by atoms with Gasteiger partial charge < -0.3 is 5.32 Å². The van der Waals surface area contributed by atoms with E-state index in [0.29, 0.717) is 6.54 Å². The lowest BCUT2D eigenvalue weighted by atomic mass is 10.3. The maximum atomic E-state index is 11.7. The number of hydrogen-bond donors (Lipinski definition) is 1. The highest BCUT2D eigenvalue weighted by Gasteiger charge is 2.27. The van der Waals surface area contributed by atoms with Gasteiger partial charge in [0.15, 0.2) is 9.84 Å². The van der Waals surface area contributed by atoms with E-state index in [4.69, 9.17) is 0 Å². The molecule has 0 amide bonds. The second-order valence-corrected chi connectivity index (χ2v) is 8.38. The SMILES string of the molecule is CSCCCNCCS(=O)(=O)C(C)(C)C. The standard InChI is InChI=1S/C10H23NO2S2/c1-10(2,3)15(12,13)9-7-11-6-5-8-14-4/h11H,5-9H2,1-4H3. The van der Waals surface area contributed by atoms with Crippen LogP contribution >= 0.6 is 11.8 Å². The molecule has 0 saturated heterocycles. The van der Waals surface area contributed by atoms with Crippen LogP contribution < -0.4 is 5.32 Å². The van der Waals surface area contributed by atoms with Crippen LogP contribution in [0.1, 0.15) is 27.2 Å². The summed E-state index contributed by atoms with van der Waals surface area (Å²) in [5.74, 6) is 1.36. The lowest BCUT2D eigenvalue weighted by Gasteiger charge is -2.19. The normalized spacial score (nSPS) is 13.1. The summed E-state index contributed by atoms with van der Waals surface area (Å²) in [5.41, 5.74) is 0. The molecule has 0 saturated carbocycles. The van der Waals surface area contributed by atoms with Gasteiger partial charge in [-0.1, -0.05) is 0 Å². The molecule has 92 valence electrons. The number of sulfone groups is 1. The van der Waals surface area contributed by atoms with E-state index in [2.05, 4.69) is 11.6 Å². The minimum atomic E-state index is -2.96. The van der Waals surface area contributed by atoms with Crippen LogP contribution in [-0.2, 0) is 9.84 Å². The van der Waals surface area contributed by atoms with Crippen LogP contribution in [0.4, 0.5) is 0 Å². The summed E-state index contributed by atoms with van der Waals surface area (Å²) in [6.07, 6.45) is 3.17. The molecular weight excluding hydrogens is 230 g/mol. The van der Waals surface area contributed by atoms with Gasteiger partial charge in [-0.15, -0.1) is 0 Å². The molecule has 0 aromatic heterocycles. The maximum absolute atomic E-state index is 11.7. The molecular formula is C10H23NO2S2. The van der Waals surface area contributed by atoms with Crippen LogP contribution in [0.15, 0.2) is 0 Å². The van der Waals surface area contributed by atoms with Crippen molar-refractivity contribution in [3.63, 3.8) is 0 Å². The van der Waals surface area contributed by atoms with Gasteiger partial charge in [-0.2, -0.15) is 11.8 Å². The fourth-order valence-corrected chi connectivity index (χ4v) is 2.44. The summed E-state index contributed by atoms with van der Waals surface area (Å²) in [6.45, 7) is 6.71. The Kier molecular flexibility index (Phi) is 6.88. The molecule has 0 radical (unpaired) electrons. The number of rotatable bonds is 7. The summed E-state index contributed by atoms with van der Waals surface area (Å²) in [6, 6.07) is 0. The topological polar surface area (TPSA) is 46.2 Å².